The first-order chi connectivity index (χ1) is 7.59. The maximum absolute atomic E-state index is 13.5. The van der Waals surface area contributed by atoms with Crippen LogP contribution in [-0.4, -0.2) is 5.78 Å². The lowest BCUT2D eigenvalue weighted by molar-refractivity contribution is 0.103. The van der Waals surface area contributed by atoms with Gasteiger partial charge in [-0.3, -0.25) is 4.79 Å². The number of halogens is 3. The van der Waals surface area contributed by atoms with Crippen molar-refractivity contribution in [2.24, 2.45) is 0 Å². The van der Waals surface area contributed by atoms with E-state index in [4.69, 9.17) is 0 Å². The summed E-state index contributed by atoms with van der Waals surface area (Å²) in [4.78, 5) is 11.8. The van der Waals surface area contributed by atoms with Crippen LogP contribution in [-0.2, 0) is 0 Å². The topological polar surface area (TPSA) is 17.1 Å². The van der Waals surface area contributed by atoms with Crippen molar-refractivity contribution in [2.45, 2.75) is 0 Å². The van der Waals surface area contributed by atoms with Crippen molar-refractivity contribution in [3.05, 3.63) is 56.2 Å². The number of carbonyl (C=O) groups is 1. The normalized spacial score (nSPS) is 10.4. The van der Waals surface area contributed by atoms with Crippen LogP contribution < -0.4 is 0 Å². The van der Waals surface area contributed by atoms with Crippen molar-refractivity contribution in [3.8, 4) is 0 Å². The number of hydrogen-bond donors (Lipinski definition) is 0. The second-order valence-corrected chi connectivity index (χ2v) is 4.78. The molecular formula is C11H5BrF2OS. The third kappa shape index (κ3) is 2.05. The molecule has 1 nitrogen and oxygen atoms in total. The van der Waals surface area contributed by atoms with E-state index >= 15 is 0 Å². The Bertz CT molecular complexity index is 514. The van der Waals surface area contributed by atoms with Crippen molar-refractivity contribution in [3.63, 3.8) is 0 Å². The Morgan fingerprint density at radius 2 is 1.88 bits per heavy atom. The number of ketones is 1. The summed E-state index contributed by atoms with van der Waals surface area (Å²) in [6.45, 7) is 0. The highest BCUT2D eigenvalue weighted by atomic mass is 79.9. The molecule has 0 bridgehead atoms. The first-order valence-electron chi connectivity index (χ1n) is 4.31. The van der Waals surface area contributed by atoms with E-state index in [0.717, 1.165) is 12.1 Å². The molecule has 82 valence electrons. The molecule has 0 amide bonds. The quantitative estimate of drug-likeness (QED) is 0.766. The molecule has 16 heavy (non-hydrogen) atoms. The molecule has 1 aromatic carbocycles. The molecule has 5 heteroatoms. The van der Waals surface area contributed by atoms with E-state index in [1.807, 2.05) is 0 Å². The summed E-state index contributed by atoms with van der Waals surface area (Å²) in [6, 6.07) is 3.68. The summed E-state index contributed by atoms with van der Waals surface area (Å²) >= 11 is 4.26. The van der Waals surface area contributed by atoms with Gasteiger partial charge in [0.05, 0.1) is 5.56 Å². The fourth-order valence-corrected chi connectivity index (χ4v) is 2.34. The van der Waals surface area contributed by atoms with Gasteiger partial charge in [-0.2, -0.15) is 11.3 Å². The van der Waals surface area contributed by atoms with Crippen LogP contribution in [0.4, 0.5) is 8.78 Å². The van der Waals surface area contributed by atoms with E-state index in [0.29, 0.717) is 5.56 Å². The van der Waals surface area contributed by atoms with Crippen LogP contribution in [0, 0.1) is 11.6 Å². The van der Waals surface area contributed by atoms with Gasteiger partial charge in [-0.05, 0) is 23.6 Å². The zero-order valence-electron chi connectivity index (χ0n) is 7.84. The Morgan fingerprint density at radius 3 is 2.38 bits per heavy atom. The Morgan fingerprint density at radius 1 is 1.25 bits per heavy atom. The van der Waals surface area contributed by atoms with E-state index < -0.39 is 23.0 Å². The molecule has 0 saturated carbocycles. The minimum absolute atomic E-state index is 0.268. The predicted molar refractivity (Wildman–Crippen MR) is 61.8 cm³/mol. The summed E-state index contributed by atoms with van der Waals surface area (Å²) in [7, 11) is 0. The second kappa shape index (κ2) is 4.43. The summed E-state index contributed by atoms with van der Waals surface area (Å²) in [5.41, 5.74) is -0.216. The molecule has 2 rings (SSSR count). The molecule has 0 atom stereocenters. The molecule has 0 aliphatic rings. The van der Waals surface area contributed by atoms with Gasteiger partial charge in [-0.15, -0.1) is 0 Å². The average molecular weight is 303 g/mol. The van der Waals surface area contributed by atoms with E-state index in [1.165, 1.54) is 17.4 Å². The SMILES string of the molecule is O=C(c1ccsc1)c1c(F)cc(Br)cc1F. The summed E-state index contributed by atoms with van der Waals surface area (Å²) in [5.74, 6) is -2.35. The number of thiophene rings is 1. The lowest BCUT2D eigenvalue weighted by atomic mass is 10.1. The lowest BCUT2D eigenvalue weighted by Crippen LogP contribution is -2.06. The molecule has 0 unspecified atom stereocenters. The smallest absolute Gasteiger partial charge is 0.199 e. The largest absolute Gasteiger partial charge is 0.288 e. The highest BCUT2D eigenvalue weighted by Gasteiger charge is 2.19. The first kappa shape index (κ1) is 11.4. The van der Waals surface area contributed by atoms with Crippen molar-refractivity contribution in [1.82, 2.24) is 0 Å². The molecule has 0 aliphatic heterocycles. The molecule has 0 spiro atoms. The van der Waals surface area contributed by atoms with Gasteiger partial charge in [-0.25, -0.2) is 8.78 Å². The maximum atomic E-state index is 13.5. The van der Waals surface area contributed by atoms with Gasteiger partial charge >= 0.3 is 0 Å². The molecule has 0 radical (unpaired) electrons. The molecule has 0 N–H and O–H groups in total. The van der Waals surface area contributed by atoms with Crippen LogP contribution in [0.25, 0.3) is 0 Å². The van der Waals surface area contributed by atoms with Crippen LogP contribution in [0.2, 0.25) is 0 Å². The highest BCUT2D eigenvalue weighted by molar-refractivity contribution is 9.10. The van der Waals surface area contributed by atoms with Crippen molar-refractivity contribution < 1.29 is 13.6 Å². The van der Waals surface area contributed by atoms with Gasteiger partial charge in [0.25, 0.3) is 0 Å². The Balaban J connectivity index is 2.53. The van der Waals surface area contributed by atoms with E-state index in [2.05, 4.69) is 15.9 Å². The Hall–Kier alpha value is -1.07. The van der Waals surface area contributed by atoms with Crippen LogP contribution in [0.15, 0.2) is 33.4 Å². The minimum atomic E-state index is -0.858. The van der Waals surface area contributed by atoms with Crippen LogP contribution >= 0.6 is 27.3 Å². The van der Waals surface area contributed by atoms with Gasteiger partial charge < -0.3 is 0 Å². The second-order valence-electron chi connectivity index (χ2n) is 3.09. The standard InChI is InChI=1S/C11H5BrF2OS/c12-7-3-8(13)10(9(14)4-7)11(15)6-1-2-16-5-6/h1-5H. The Kier molecular flexibility index (Phi) is 3.16. The zero-order valence-corrected chi connectivity index (χ0v) is 10.2. The number of benzene rings is 1. The van der Waals surface area contributed by atoms with Crippen molar-refractivity contribution >= 4 is 33.0 Å². The lowest BCUT2D eigenvalue weighted by Gasteiger charge is -2.03. The van der Waals surface area contributed by atoms with Gasteiger partial charge in [0, 0.05) is 15.4 Å². The first-order valence-corrected chi connectivity index (χ1v) is 6.04. The maximum Gasteiger partial charge on any atom is 0.199 e. The third-order valence-corrected chi connectivity index (χ3v) is 3.16. The summed E-state index contributed by atoms with van der Waals surface area (Å²) in [6.07, 6.45) is 0. The molecule has 0 fully saturated rings. The molecule has 2 aromatic rings. The van der Waals surface area contributed by atoms with Gasteiger partial charge in [0.1, 0.15) is 11.6 Å². The van der Waals surface area contributed by atoms with Crippen LogP contribution in [0.5, 0.6) is 0 Å². The minimum Gasteiger partial charge on any atom is -0.288 e. The number of hydrogen-bond acceptors (Lipinski definition) is 2. The van der Waals surface area contributed by atoms with E-state index in [-0.39, 0.29) is 4.47 Å². The predicted octanol–water partition coefficient (Wildman–Crippen LogP) is 4.02. The molecule has 1 heterocycles. The number of rotatable bonds is 2. The van der Waals surface area contributed by atoms with Gasteiger partial charge in [0.15, 0.2) is 5.78 Å². The highest BCUT2D eigenvalue weighted by Crippen LogP contribution is 2.22. The van der Waals surface area contributed by atoms with Crippen molar-refractivity contribution in [2.75, 3.05) is 0 Å². The van der Waals surface area contributed by atoms with Crippen molar-refractivity contribution in [1.29, 1.82) is 0 Å². The summed E-state index contributed by atoms with van der Waals surface area (Å²) in [5, 5.41) is 3.24. The monoisotopic (exact) mass is 302 g/mol. The molecule has 0 saturated heterocycles. The van der Waals surface area contributed by atoms with Crippen LogP contribution in [0.1, 0.15) is 15.9 Å². The van der Waals surface area contributed by atoms with Gasteiger partial charge in [0.2, 0.25) is 0 Å². The molecule has 0 aliphatic carbocycles. The van der Waals surface area contributed by atoms with Crippen LogP contribution in [0.3, 0.4) is 0 Å². The van der Waals surface area contributed by atoms with E-state index in [1.54, 1.807) is 10.8 Å². The third-order valence-electron chi connectivity index (χ3n) is 2.02. The van der Waals surface area contributed by atoms with E-state index in [9.17, 15) is 13.6 Å². The fourth-order valence-electron chi connectivity index (χ4n) is 1.30. The Labute approximate surface area is 103 Å². The summed E-state index contributed by atoms with van der Waals surface area (Å²) < 4.78 is 27.2. The molecule has 1 aromatic heterocycles. The average Bonchev–Trinajstić information content (AvgIpc) is 2.67. The fraction of sp³-hybridized carbons (Fsp3) is 0. The zero-order chi connectivity index (χ0) is 11.7. The van der Waals surface area contributed by atoms with Gasteiger partial charge in [-0.1, -0.05) is 15.9 Å². The molecular weight excluding hydrogens is 298 g/mol. The number of carbonyl (C=O) groups excluding carboxylic acids is 1.